The van der Waals surface area contributed by atoms with Crippen molar-refractivity contribution in [2.75, 3.05) is 38.3 Å². The Kier molecular flexibility index (Phi) is 7.43. The van der Waals surface area contributed by atoms with Gasteiger partial charge in [-0.3, -0.25) is 19.9 Å². The maximum atomic E-state index is 13.1. The fourth-order valence-electron chi connectivity index (χ4n) is 4.07. The molecular weight excluding hydrogens is 432 g/mol. The van der Waals surface area contributed by atoms with E-state index in [9.17, 15) is 19.7 Å². The van der Waals surface area contributed by atoms with Gasteiger partial charge in [0.05, 0.1) is 18.6 Å². The van der Waals surface area contributed by atoms with Crippen LogP contribution in [0, 0.1) is 10.1 Å². The molecule has 1 aromatic rings. The number of hydrogen-bond donors (Lipinski definition) is 1. The van der Waals surface area contributed by atoms with Crippen LogP contribution in [-0.4, -0.2) is 72.9 Å². The predicted molar refractivity (Wildman–Crippen MR) is 120 cm³/mol. The van der Waals surface area contributed by atoms with E-state index in [1.807, 2.05) is 0 Å². The molecule has 11 nitrogen and oxygen atoms in total. The first kappa shape index (κ1) is 24.7. The summed E-state index contributed by atoms with van der Waals surface area (Å²) < 4.78 is 16.2. The van der Waals surface area contributed by atoms with Gasteiger partial charge in [-0.25, -0.2) is 9.59 Å². The van der Waals surface area contributed by atoms with Crippen LogP contribution < -0.4 is 15.0 Å². The second kappa shape index (κ2) is 9.92. The van der Waals surface area contributed by atoms with Crippen LogP contribution in [0.4, 0.5) is 16.2 Å². The van der Waals surface area contributed by atoms with Crippen molar-refractivity contribution in [1.29, 1.82) is 0 Å². The monoisotopic (exact) mass is 464 g/mol. The molecule has 0 radical (unpaired) electrons. The van der Waals surface area contributed by atoms with Gasteiger partial charge in [0.2, 0.25) is 0 Å². The molecule has 33 heavy (non-hydrogen) atoms. The third-order valence-electron chi connectivity index (χ3n) is 5.69. The van der Waals surface area contributed by atoms with E-state index in [-0.39, 0.29) is 17.4 Å². The van der Waals surface area contributed by atoms with E-state index in [0.717, 1.165) is 31.0 Å². The number of anilines is 1. The number of carbonyl (C=O) groups excluding carboxylic acids is 2. The van der Waals surface area contributed by atoms with Crippen LogP contribution >= 0.6 is 0 Å². The SMILES string of the molecule is COC(=O)C(C)N(C(=O)OC(C)(C)C)c1cc2c(cc1[N+](=O)[O-])CN1CCNC[C@@H]1CCO2. The van der Waals surface area contributed by atoms with Gasteiger partial charge in [0.1, 0.15) is 23.1 Å². The van der Waals surface area contributed by atoms with Gasteiger partial charge in [0.15, 0.2) is 0 Å². The predicted octanol–water partition coefficient (Wildman–Crippen LogP) is 2.45. The number of benzene rings is 1. The van der Waals surface area contributed by atoms with Gasteiger partial charge >= 0.3 is 12.1 Å². The summed E-state index contributed by atoms with van der Waals surface area (Å²) in [7, 11) is 1.19. The quantitative estimate of drug-likeness (QED) is 0.406. The number of piperazine rings is 1. The Morgan fingerprint density at radius 3 is 2.73 bits per heavy atom. The number of ether oxygens (including phenoxy) is 3. The smallest absolute Gasteiger partial charge is 0.415 e. The van der Waals surface area contributed by atoms with Crippen molar-refractivity contribution < 1.29 is 28.7 Å². The highest BCUT2D eigenvalue weighted by Crippen LogP contribution is 2.39. The number of methoxy groups -OCH3 is 1. The molecule has 2 atom stereocenters. The summed E-state index contributed by atoms with van der Waals surface area (Å²) in [4.78, 5) is 40.2. The number of nitro groups is 1. The zero-order chi connectivity index (χ0) is 24.3. The first-order valence-electron chi connectivity index (χ1n) is 11.0. The van der Waals surface area contributed by atoms with Gasteiger partial charge in [0.25, 0.3) is 5.69 Å². The topological polar surface area (TPSA) is 123 Å². The Morgan fingerprint density at radius 2 is 2.09 bits per heavy atom. The van der Waals surface area contributed by atoms with Crippen molar-refractivity contribution in [2.45, 2.75) is 58.3 Å². The summed E-state index contributed by atoms with van der Waals surface area (Å²) in [6.45, 7) is 9.87. The Balaban J connectivity index is 2.09. The fourth-order valence-corrected chi connectivity index (χ4v) is 4.07. The third kappa shape index (κ3) is 5.72. The van der Waals surface area contributed by atoms with Crippen LogP contribution in [0.1, 0.15) is 39.7 Å². The van der Waals surface area contributed by atoms with E-state index < -0.39 is 28.6 Å². The molecule has 0 bridgehead atoms. The van der Waals surface area contributed by atoms with Crippen molar-refractivity contribution in [1.82, 2.24) is 10.2 Å². The lowest BCUT2D eigenvalue weighted by atomic mass is 10.0. The Hall–Kier alpha value is -2.92. The number of nitrogens with zero attached hydrogens (tertiary/aromatic N) is 3. The van der Waals surface area contributed by atoms with Gasteiger partial charge in [-0.1, -0.05) is 0 Å². The van der Waals surface area contributed by atoms with Crippen molar-refractivity contribution in [3.05, 3.63) is 27.8 Å². The van der Waals surface area contributed by atoms with Crippen LogP contribution in [0.15, 0.2) is 12.1 Å². The molecule has 0 saturated carbocycles. The highest BCUT2D eigenvalue weighted by Gasteiger charge is 2.37. The van der Waals surface area contributed by atoms with Crippen molar-refractivity contribution in [3.8, 4) is 5.75 Å². The summed E-state index contributed by atoms with van der Waals surface area (Å²) >= 11 is 0. The minimum absolute atomic E-state index is 0.0802. The van der Waals surface area contributed by atoms with Crippen LogP contribution in [0.2, 0.25) is 0 Å². The van der Waals surface area contributed by atoms with Gasteiger partial charge in [-0.2, -0.15) is 0 Å². The van der Waals surface area contributed by atoms with Crippen LogP contribution in [0.5, 0.6) is 5.75 Å². The summed E-state index contributed by atoms with van der Waals surface area (Å²) in [5.41, 5.74) is -0.612. The summed E-state index contributed by atoms with van der Waals surface area (Å²) in [6, 6.07) is 2.01. The minimum atomic E-state index is -1.16. The number of nitro benzene ring substituents is 1. The number of amides is 1. The molecule has 1 fully saturated rings. The number of rotatable bonds is 4. The van der Waals surface area contributed by atoms with Gasteiger partial charge < -0.3 is 19.5 Å². The molecule has 2 aliphatic rings. The van der Waals surface area contributed by atoms with Crippen LogP contribution in [0.3, 0.4) is 0 Å². The number of fused-ring (bicyclic) bond motifs is 2. The molecule has 1 unspecified atom stereocenters. The lowest BCUT2D eigenvalue weighted by Gasteiger charge is -2.38. The molecule has 0 aliphatic carbocycles. The molecule has 11 heteroatoms. The van der Waals surface area contributed by atoms with E-state index in [1.54, 1.807) is 20.8 Å². The number of esters is 1. The molecule has 0 aromatic heterocycles. The molecule has 3 rings (SSSR count). The van der Waals surface area contributed by atoms with E-state index in [0.29, 0.717) is 24.5 Å². The second-order valence-corrected chi connectivity index (χ2v) is 9.22. The maximum Gasteiger partial charge on any atom is 0.415 e. The molecule has 1 amide bonds. The minimum Gasteiger partial charge on any atom is -0.493 e. The number of nitrogens with one attached hydrogen (secondary N) is 1. The van der Waals surface area contributed by atoms with Crippen LogP contribution in [-0.2, 0) is 20.8 Å². The lowest BCUT2D eigenvalue weighted by molar-refractivity contribution is -0.384. The average molecular weight is 465 g/mol. The highest BCUT2D eigenvalue weighted by molar-refractivity contribution is 5.98. The molecule has 0 spiro atoms. The zero-order valence-electron chi connectivity index (χ0n) is 19.8. The van der Waals surface area contributed by atoms with E-state index in [4.69, 9.17) is 14.2 Å². The summed E-state index contributed by atoms with van der Waals surface area (Å²) in [5.74, 6) is -0.287. The molecule has 182 valence electrons. The standard InChI is InChI=1S/C22H32N4O7/c1-14(20(27)31-5)25(21(28)33-22(2,3)4)17-11-19-15(10-18(17)26(29)30)13-24-8-7-23-12-16(24)6-9-32-19/h10-11,14,16,23H,6-9,12-13H2,1-5H3/t14?,16-/m0/s1. The molecule has 1 aromatic carbocycles. The molecule has 2 aliphatic heterocycles. The molecule has 1 saturated heterocycles. The number of carbonyl (C=O) groups is 2. The van der Waals surface area contributed by atoms with Gasteiger partial charge in [0, 0.05) is 49.9 Å². The third-order valence-corrected chi connectivity index (χ3v) is 5.69. The highest BCUT2D eigenvalue weighted by atomic mass is 16.6. The summed E-state index contributed by atoms with van der Waals surface area (Å²) in [6.07, 6.45) is -0.0934. The molecular formula is C22H32N4O7. The Labute approximate surface area is 193 Å². The first-order chi connectivity index (χ1) is 15.5. The normalized spacial score (nSPS) is 19.6. The Bertz CT molecular complexity index is 915. The fraction of sp³-hybridized carbons (Fsp3) is 0.636. The number of hydrogen-bond acceptors (Lipinski definition) is 9. The maximum absolute atomic E-state index is 13.1. The van der Waals surface area contributed by atoms with Gasteiger partial charge in [-0.05, 0) is 34.1 Å². The van der Waals surface area contributed by atoms with Crippen molar-refractivity contribution in [3.63, 3.8) is 0 Å². The van der Waals surface area contributed by atoms with Crippen molar-refractivity contribution in [2.24, 2.45) is 0 Å². The van der Waals surface area contributed by atoms with Crippen LogP contribution in [0.25, 0.3) is 0 Å². The van der Waals surface area contributed by atoms with E-state index >= 15 is 0 Å². The zero-order valence-corrected chi connectivity index (χ0v) is 19.8. The lowest BCUT2D eigenvalue weighted by Crippen LogP contribution is -2.51. The van der Waals surface area contributed by atoms with Crippen molar-refractivity contribution >= 4 is 23.4 Å². The molecule has 1 N–H and O–H groups in total. The first-order valence-corrected chi connectivity index (χ1v) is 11.0. The largest absolute Gasteiger partial charge is 0.493 e. The average Bonchev–Trinajstić information content (AvgIpc) is 2.72. The summed E-state index contributed by atoms with van der Waals surface area (Å²) in [5, 5.41) is 15.4. The second-order valence-electron chi connectivity index (χ2n) is 9.22. The van der Waals surface area contributed by atoms with E-state index in [1.165, 1.54) is 26.2 Å². The van der Waals surface area contributed by atoms with E-state index in [2.05, 4.69) is 10.2 Å². The van der Waals surface area contributed by atoms with Gasteiger partial charge in [-0.15, -0.1) is 0 Å². The molecule has 2 heterocycles. The Morgan fingerprint density at radius 1 is 1.36 bits per heavy atom.